The molecule has 1 aliphatic carbocycles. The minimum Gasteiger partial charge on any atom is -0.478 e. The highest BCUT2D eigenvalue weighted by Crippen LogP contribution is 2.24. The number of carboxylic acids is 1. The molecular formula is C17H24N2O5S. The van der Waals surface area contributed by atoms with Crippen molar-refractivity contribution < 1.29 is 23.1 Å². The zero-order valence-corrected chi connectivity index (χ0v) is 14.8. The Morgan fingerprint density at radius 3 is 2.60 bits per heavy atom. The highest BCUT2D eigenvalue weighted by atomic mass is 32.2. The first-order chi connectivity index (χ1) is 12.0. The van der Waals surface area contributed by atoms with Gasteiger partial charge in [-0.3, -0.25) is 0 Å². The van der Waals surface area contributed by atoms with Crippen molar-refractivity contribution in [3.63, 3.8) is 0 Å². The maximum atomic E-state index is 12.5. The lowest BCUT2D eigenvalue weighted by atomic mass is 10.1. The lowest BCUT2D eigenvalue weighted by Gasteiger charge is -2.16. The zero-order chi connectivity index (χ0) is 17.9. The van der Waals surface area contributed by atoms with E-state index >= 15 is 0 Å². The molecule has 0 radical (unpaired) electrons. The molecule has 1 heterocycles. The predicted octanol–water partition coefficient (Wildman–Crippen LogP) is 2.20. The van der Waals surface area contributed by atoms with Crippen LogP contribution in [-0.4, -0.2) is 44.8 Å². The molecule has 2 fully saturated rings. The number of anilines is 1. The Hall–Kier alpha value is -1.64. The number of aromatic carboxylic acids is 1. The molecule has 0 aromatic heterocycles. The van der Waals surface area contributed by atoms with E-state index in [4.69, 9.17) is 4.74 Å². The molecule has 1 aromatic rings. The van der Waals surface area contributed by atoms with E-state index in [1.54, 1.807) is 0 Å². The Morgan fingerprint density at radius 2 is 1.96 bits per heavy atom. The first-order valence-electron chi connectivity index (χ1n) is 8.71. The van der Waals surface area contributed by atoms with Crippen LogP contribution in [0.15, 0.2) is 23.1 Å². The van der Waals surface area contributed by atoms with E-state index < -0.39 is 16.0 Å². The number of hydrogen-bond acceptors (Lipinski definition) is 5. The van der Waals surface area contributed by atoms with Crippen LogP contribution in [0.25, 0.3) is 0 Å². The Kier molecular flexibility index (Phi) is 5.61. The van der Waals surface area contributed by atoms with Gasteiger partial charge in [0.2, 0.25) is 10.0 Å². The minimum absolute atomic E-state index is 0.0144. The maximum Gasteiger partial charge on any atom is 0.337 e. The monoisotopic (exact) mass is 368 g/mol. The van der Waals surface area contributed by atoms with Crippen molar-refractivity contribution in [3.05, 3.63) is 23.8 Å². The van der Waals surface area contributed by atoms with Crippen molar-refractivity contribution in [2.24, 2.45) is 0 Å². The molecule has 2 aliphatic rings. The topological polar surface area (TPSA) is 105 Å². The third kappa shape index (κ3) is 4.50. The summed E-state index contributed by atoms with van der Waals surface area (Å²) in [4.78, 5) is 11.5. The number of carboxylic acid groups (broad SMARTS) is 1. The van der Waals surface area contributed by atoms with Gasteiger partial charge in [0.15, 0.2) is 0 Å². The van der Waals surface area contributed by atoms with Crippen LogP contribution in [0.4, 0.5) is 5.69 Å². The van der Waals surface area contributed by atoms with E-state index in [0.717, 1.165) is 45.1 Å². The molecule has 1 aromatic carbocycles. The molecule has 3 N–H and O–H groups in total. The largest absolute Gasteiger partial charge is 0.478 e. The third-order valence-electron chi connectivity index (χ3n) is 4.75. The summed E-state index contributed by atoms with van der Waals surface area (Å²) in [5.41, 5.74) is 0.357. The van der Waals surface area contributed by atoms with Crippen molar-refractivity contribution in [3.8, 4) is 0 Å². The summed E-state index contributed by atoms with van der Waals surface area (Å²) in [7, 11) is -3.71. The Labute approximate surface area is 147 Å². The zero-order valence-electron chi connectivity index (χ0n) is 14.0. The van der Waals surface area contributed by atoms with Gasteiger partial charge in [-0.1, -0.05) is 12.8 Å². The normalized spacial score (nSPS) is 21.5. The van der Waals surface area contributed by atoms with Gasteiger partial charge in [0, 0.05) is 24.9 Å². The Balaban J connectivity index is 1.76. The van der Waals surface area contributed by atoms with Crippen molar-refractivity contribution in [2.45, 2.75) is 55.6 Å². The van der Waals surface area contributed by atoms with Crippen LogP contribution in [0.2, 0.25) is 0 Å². The second kappa shape index (κ2) is 7.72. The molecule has 0 bridgehead atoms. The average Bonchev–Trinajstić information content (AvgIpc) is 3.25. The number of hydrogen-bond donors (Lipinski definition) is 3. The second-order valence-electron chi connectivity index (χ2n) is 6.63. The second-order valence-corrected chi connectivity index (χ2v) is 8.35. The number of benzene rings is 1. The van der Waals surface area contributed by atoms with Crippen LogP contribution < -0.4 is 10.0 Å². The van der Waals surface area contributed by atoms with Crippen molar-refractivity contribution in [1.82, 2.24) is 4.72 Å². The van der Waals surface area contributed by atoms with Crippen LogP contribution in [0.5, 0.6) is 0 Å². The van der Waals surface area contributed by atoms with Crippen LogP contribution in [0.3, 0.4) is 0 Å². The lowest BCUT2D eigenvalue weighted by molar-refractivity contribution is 0.0697. The van der Waals surface area contributed by atoms with E-state index in [9.17, 15) is 18.3 Å². The molecular weight excluding hydrogens is 344 g/mol. The van der Waals surface area contributed by atoms with Gasteiger partial charge in [-0.2, -0.15) is 0 Å². The molecule has 1 aliphatic heterocycles. The van der Waals surface area contributed by atoms with Gasteiger partial charge in [0.05, 0.1) is 16.6 Å². The third-order valence-corrected chi connectivity index (χ3v) is 6.27. The fourth-order valence-electron chi connectivity index (χ4n) is 3.38. The summed E-state index contributed by atoms with van der Waals surface area (Å²) in [6.45, 7) is 1.23. The number of sulfonamides is 1. The highest BCUT2D eigenvalue weighted by molar-refractivity contribution is 7.89. The van der Waals surface area contributed by atoms with Gasteiger partial charge < -0.3 is 15.2 Å². The van der Waals surface area contributed by atoms with E-state index in [1.165, 1.54) is 18.2 Å². The van der Waals surface area contributed by atoms with Crippen LogP contribution in [0, 0.1) is 0 Å². The molecule has 7 nitrogen and oxygen atoms in total. The van der Waals surface area contributed by atoms with Gasteiger partial charge in [0.1, 0.15) is 0 Å². The van der Waals surface area contributed by atoms with Crippen molar-refractivity contribution >= 4 is 21.7 Å². The first-order valence-corrected chi connectivity index (χ1v) is 10.2. The number of ether oxygens (including phenoxy) is 1. The Morgan fingerprint density at radius 1 is 1.20 bits per heavy atom. The van der Waals surface area contributed by atoms with Crippen LogP contribution in [0.1, 0.15) is 48.9 Å². The molecule has 8 heteroatoms. The minimum atomic E-state index is -3.71. The smallest absolute Gasteiger partial charge is 0.337 e. The fraction of sp³-hybridized carbons (Fsp3) is 0.588. The summed E-state index contributed by atoms with van der Waals surface area (Å²) < 4.78 is 33.2. The molecule has 0 amide bonds. The van der Waals surface area contributed by atoms with E-state index in [0.29, 0.717) is 12.2 Å². The van der Waals surface area contributed by atoms with Gasteiger partial charge >= 0.3 is 5.97 Å². The maximum absolute atomic E-state index is 12.5. The van der Waals surface area contributed by atoms with Gasteiger partial charge in [-0.05, 0) is 43.9 Å². The molecule has 138 valence electrons. The molecule has 1 saturated carbocycles. The average molecular weight is 368 g/mol. The Bertz CT molecular complexity index is 723. The van der Waals surface area contributed by atoms with Gasteiger partial charge in [-0.25, -0.2) is 17.9 Å². The molecule has 1 saturated heterocycles. The summed E-state index contributed by atoms with van der Waals surface area (Å²) in [6.07, 6.45) is 5.68. The number of carbonyl (C=O) groups is 1. The van der Waals surface area contributed by atoms with E-state index in [2.05, 4.69) is 10.0 Å². The van der Waals surface area contributed by atoms with Crippen molar-refractivity contribution in [1.29, 1.82) is 0 Å². The molecule has 0 unspecified atom stereocenters. The highest BCUT2D eigenvalue weighted by Gasteiger charge is 2.25. The molecule has 1 atom stereocenters. The van der Waals surface area contributed by atoms with Gasteiger partial charge in [0.25, 0.3) is 0 Å². The standard InChI is InChI=1S/C17H24N2O5S/c20-17(21)15-10-14(25(22,23)19-12-4-1-2-5-12)7-8-16(15)18-11-13-6-3-9-24-13/h7-8,10,12-13,18-19H,1-6,9,11H2,(H,20,21)/t13-/m1/s1. The lowest BCUT2D eigenvalue weighted by Crippen LogP contribution is -2.32. The summed E-state index contributed by atoms with van der Waals surface area (Å²) in [6, 6.07) is 4.12. The van der Waals surface area contributed by atoms with Gasteiger partial charge in [-0.15, -0.1) is 0 Å². The number of nitrogens with one attached hydrogen (secondary N) is 2. The van der Waals surface area contributed by atoms with Crippen LogP contribution >= 0.6 is 0 Å². The molecule has 0 spiro atoms. The van der Waals surface area contributed by atoms with Crippen LogP contribution in [-0.2, 0) is 14.8 Å². The summed E-state index contributed by atoms with van der Waals surface area (Å²) in [5, 5.41) is 12.5. The van der Waals surface area contributed by atoms with E-state index in [-0.39, 0.29) is 22.6 Å². The predicted molar refractivity (Wildman–Crippen MR) is 93.4 cm³/mol. The molecule has 3 rings (SSSR count). The summed E-state index contributed by atoms with van der Waals surface area (Å²) in [5.74, 6) is -1.16. The molecule has 25 heavy (non-hydrogen) atoms. The summed E-state index contributed by atoms with van der Waals surface area (Å²) >= 11 is 0. The number of rotatable bonds is 7. The van der Waals surface area contributed by atoms with E-state index in [1.807, 2.05) is 0 Å². The SMILES string of the molecule is O=C(O)c1cc(S(=O)(=O)NC2CCCC2)ccc1NC[C@H]1CCCO1. The quantitative estimate of drug-likeness (QED) is 0.681. The first kappa shape index (κ1) is 18.2. The fourth-order valence-corrected chi connectivity index (χ4v) is 4.71. The van der Waals surface area contributed by atoms with Crippen molar-refractivity contribution in [2.75, 3.05) is 18.5 Å².